The maximum Gasteiger partial charge on any atom is 0.207 e. The van der Waals surface area contributed by atoms with Crippen LogP contribution in [0.25, 0.3) is 11.0 Å². The number of hydrogen-bond donors (Lipinski definition) is 1. The van der Waals surface area contributed by atoms with Crippen LogP contribution in [0.4, 0.5) is 0 Å². The molecule has 1 atom stereocenters. The van der Waals surface area contributed by atoms with Crippen molar-refractivity contribution in [1.82, 2.24) is 14.9 Å². The monoisotopic (exact) mass is 365 g/mol. The summed E-state index contributed by atoms with van der Waals surface area (Å²) in [4.78, 5) is 15.3. The minimum atomic E-state index is 0.427. The van der Waals surface area contributed by atoms with Crippen LogP contribution in [0, 0.1) is 0 Å². The van der Waals surface area contributed by atoms with Gasteiger partial charge in [-0.1, -0.05) is 38.1 Å². The highest BCUT2D eigenvalue weighted by molar-refractivity contribution is 5.75. The van der Waals surface area contributed by atoms with Crippen molar-refractivity contribution in [2.45, 2.75) is 45.7 Å². The number of aromatic nitrogens is 2. The largest absolute Gasteiger partial charge is 0.494 e. The zero-order chi connectivity index (χ0) is 19.1. The number of nitrogens with one attached hydrogen (secondary N) is 1. The van der Waals surface area contributed by atoms with Gasteiger partial charge in [-0.15, -0.1) is 0 Å². The van der Waals surface area contributed by atoms with Crippen molar-refractivity contribution >= 4 is 17.4 Å². The van der Waals surface area contributed by atoms with E-state index in [0.29, 0.717) is 25.5 Å². The molecule has 0 saturated heterocycles. The zero-order valence-corrected chi connectivity index (χ0v) is 16.0. The fourth-order valence-electron chi connectivity index (χ4n) is 3.18. The first-order chi connectivity index (χ1) is 13.2. The number of fused-ring (bicyclic) bond motifs is 1. The highest BCUT2D eigenvalue weighted by Crippen LogP contribution is 2.22. The maximum atomic E-state index is 10.6. The lowest BCUT2D eigenvalue weighted by molar-refractivity contribution is -0.109. The fourth-order valence-corrected chi connectivity index (χ4v) is 3.18. The summed E-state index contributed by atoms with van der Waals surface area (Å²) in [5, 5.41) is 2.71. The second-order valence-electron chi connectivity index (χ2n) is 6.75. The quantitative estimate of drug-likeness (QED) is 0.431. The molecule has 2 aromatic carbocycles. The first-order valence-corrected chi connectivity index (χ1v) is 9.57. The third-order valence-corrected chi connectivity index (χ3v) is 4.93. The molecule has 0 fully saturated rings. The van der Waals surface area contributed by atoms with Gasteiger partial charge in [0.2, 0.25) is 6.41 Å². The van der Waals surface area contributed by atoms with E-state index in [4.69, 9.17) is 4.74 Å². The summed E-state index contributed by atoms with van der Waals surface area (Å²) in [5.41, 5.74) is 3.38. The van der Waals surface area contributed by atoms with Gasteiger partial charge in [0, 0.05) is 6.54 Å². The smallest absolute Gasteiger partial charge is 0.207 e. The summed E-state index contributed by atoms with van der Waals surface area (Å²) < 4.78 is 8.05. The zero-order valence-electron chi connectivity index (χ0n) is 16.0. The predicted octanol–water partition coefficient (Wildman–Crippen LogP) is 4.26. The molecule has 0 radical (unpaired) electrons. The molecular formula is C22H27N3O2. The minimum Gasteiger partial charge on any atom is -0.494 e. The first-order valence-electron chi connectivity index (χ1n) is 9.57. The van der Waals surface area contributed by atoms with Crippen molar-refractivity contribution in [3.8, 4) is 5.75 Å². The number of ether oxygens (including phenoxy) is 1. The van der Waals surface area contributed by atoms with E-state index in [2.05, 4.69) is 46.9 Å². The third kappa shape index (κ3) is 4.67. The van der Waals surface area contributed by atoms with E-state index in [-0.39, 0.29) is 0 Å². The number of nitrogens with zero attached hydrogens (tertiary/aromatic N) is 2. The summed E-state index contributed by atoms with van der Waals surface area (Å²) in [5.74, 6) is 2.34. The molecule has 1 aromatic heterocycles. The van der Waals surface area contributed by atoms with Crippen LogP contribution in [0.5, 0.6) is 5.75 Å². The molecule has 1 unspecified atom stereocenters. The van der Waals surface area contributed by atoms with Crippen molar-refractivity contribution in [2.75, 3.05) is 6.61 Å². The molecule has 0 spiro atoms. The Bertz CT molecular complexity index is 871. The van der Waals surface area contributed by atoms with Gasteiger partial charge in [0.15, 0.2) is 0 Å². The molecule has 1 heterocycles. The second kappa shape index (κ2) is 9.21. The Morgan fingerprint density at radius 3 is 2.70 bits per heavy atom. The molecule has 5 nitrogen and oxygen atoms in total. The number of hydrogen-bond acceptors (Lipinski definition) is 3. The molecule has 3 rings (SSSR count). The highest BCUT2D eigenvalue weighted by atomic mass is 16.5. The van der Waals surface area contributed by atoms with Gasteiger partial charge < -0.3 is 14.6 Å². The number of para-hydroxylation sites is 2. The van der Waals surface area contributed by atoms with Crippen LogP contribution in [-0.4, -0.2) is 22.6 Å². The average molecular weight is 365 g/mol. The Labute approximate surface area is 160 Å². The number of benzene rings is 2. The summed E-state index contributed by atoms with van der Waals surface area (Å²) in [6.07, 6.45) is 2.71. The van der Waals surface area contributed by atoms with Gasteiger partial charge in [-0.3, -0.25) is 4.79 Å². The molecule has 142 valence electrons. The molecule has 0 aliphatic rings. The molecule has 0 aliphatic heterocycles. The standard InChI is InChI=1S/C22H27N3O2/c1-3-17(2)18-9-11-19(12-10-18)27-14-6-13-25-21-8-5-4-7-20(21)24-22(25)15-23-16-26/h4-5,7-12,16-17H,3,6,13-15H2,1-2H3,(H,23,26). The van der Waals surface area contributed by atoms with E-state index in [0.717, 1.165) is 42.0 Å². The van der Waals surface area contributed by atoms with Crippen LogP contribution in [-0.2, 0) is 17.9 Å². The van der Waals surface area contributed by atoms with Gasteiger partial charge in [0.05, 0.1) is 24.2 Å². The number of imidazole rings is 1. The van der Waals surface area contributed by atoms with Gasteiger partial charge in [-0.05, 0) is 48.6 Å². The van der Waals surface area contributed by atoms with Crippen molar-refractivity contribution in [2.24, 2.45) is 0 Å². The van der Waals surface area contributed by atoms with Crippen molar-refractivity contribution in [3.63, 3.8) is 0 Å². The number of amides is 1. The minimum absolute atomic E-state index is 0.427. The van der Waals surface area contributed by atoms with Crippen LogP contribution in [0.15, 0.2) is 48.5 Å². The van der Waals surface area contributed by atoms with Gasteiger partial charge in [0.1, 0.15) is 11.6 Å². The number of carbonyl (C=O) groups excluding carboxylic acids is 1. The Morgan fingerprint density at radius 1 is 1.19 bits per heavy atom. The summed E-state index contributed by atoms with van der Waals surface area (Å²) in [6.45, 7) is 6.29. The third-order valence-electron chi connectivity index (χ3n) is 4.93. The van der Waals surface area contributed by atoms with E-state index in [1.165, 1.54) is 5.56 Å². The Balaban J connectivity index is 1.59. The predicted molar refractivity (Wildman–Crippen MR) is 108 cm³/mol. The second-order valence-corrected chi connectivity index (χ2v) is 6.75. The Hall–Kier alpha value is -2.82. The lowest BCUT2D eigenvalue weighted by atomic mass is 9.99. The van der Waals surface area contributed by atoms with Crippen LogP contribution in [0.3, 0.4) is 0 Å². The molecule has 5 heteroatoms. The van der Waals surface area contributed by atoms with E-state index in [1.54, 1.807) is 0 Å². The Kier molecular flexibility index (Phi) is 6.47. The van der Waals surface area contributed by atoms with Gasteiger partial charge in [-0.2, -0.15) is 0 Å². The van der Waals surface area contributed by atoms with Crippen molar-refractivity contribution in [3.05, 3.63) is 59.9 Å². The molecule has 1 N–H and O–H groups in total. The van der Waals surface area contributed by atoms with Gasteiger partial charge in [-0.25, -0.2) is 4.98 Å². The van der Waals surface area contributed by atoms with Crippen LogP contribution in [0.2, 0.25) is 0 Å². The van der Waals surface area contributed by atoms with Crippen molar-refractivity contribution < 1.29 is 9.53 Å². The molecule has 3 aromatic rings. The molecule has 0 bridgehead atoms. The summed E-state index contributed by atoms with van der Waals surface area (Å²) >= 11 is 0. The van der Waals surface area contributed by atoms with Crippen LogP contribution < -0.4 is 10.1 Å². The van der Waals surface area contributed by atoms with Gasteiger partial charge in [0.25, 0.3) is 0 Å². The summed E-state index contributed by atoms with van der Waals surface area (Å²) in [6, 6.07) is 16.4. The highest BCUT2D eigenvalue weighted by Gasteiger charge is 2.10. The number of carbonyl (C=O) groups is 1. The molecule has 0 saturated carbocycles. The molecular weight excluding hydrogens is 338 g/mol. The first kappa shape index (κ1) is 19.0. The topological polar surface area (TPSA) is 56.1 Å². The Morgan fingerprint density at radius 2 is 1.96 bits per heavy atom. The molecule has 1 amide bonds. The van der Waals surface area contributed by atoms with E-state index < -0.39 is 0 Å². The lowest BCUT2D eigenvalue weighted by Crippen LogP contribution is -2.16. The van der Waals surface area contributed by atoms with Crippen LogP contribution >= 0.6 is 0 Å². The van der Waals surface area contributed by atoms with Crippen molar-refractivity contribution in [1.29, 1.82) is 0 Å². The van der Waals surface area contributed by atoms with Gasteiger partial charge >= 0.3 is 0 Å². The maximum absolute atomic E-state index is 10.6. The number of aryl methyl sites for hydroxylation is 1. The molecule has 27 heavy (non-hydrogen) atoms. The SMILES string of the molecule is CCC(C)c1ccc(OCCCn2c(CNC=O)nc3ccccc32)cc1. The number of rotatable bonds is 10. The van der Waals surface area contributed by atoms with E-state index in [1.807, 2.05) is 30.3 Å². The van der Waals surface area contributed by atoms with E-state index in [9.17, 15) is 4.79 Å². The normalized spacial score (nSPS) is 12.1. The fraction of sp³-hybridized carbons (Fsp3) is 0.364. The molecule has 0 aliphatic carbocycles. The van der Waals surface area contributed by atoms with Crippen LogP contribution in [0.1, 0.15) is 44.0 Å². The van der Waals surface area contributed by atoms with E-state index >= 15 is 0 Å². The lowest BCUT2D eigenvalue weighted by Gasteiger charge is -2.12. The average Bonchev–Trinajstić information content (AvgIpc) is 3.07. The summed E-state index contributed by atoms with van der Waals surface area (Å²) in [7, 11) is 0.